The highest BCUT2D eigenvalue weighted by Gasteiger charge is 2.25. The van der Waals surface area contributed by atoms with Gasteiger partial charge in [0.15, 0.2) is 0 Å². The topological polar surface area (TPSA) is 108 Å². The molecule has 1 heterocycles. The third-order valence-corrected chi connectivity index (χ3v) is 7.41. The van der Waals surface area contributed by atoms with E-state index in [1.165, 1.54) is 6.08 Å². The van der Waals surface area contributed by atoms with Gasteiger partial charge in [-0.05, 0) is 68.0 Å². The number of aliphatic imine (C=N–C) groups is 1. The van der Waals surface area contributed by atoms with Crippen molar-refractivity contribution in [3.63, 3.8) is 0 Å². The van der Waals surface area contributed by atoms with Crippen molar-refractivity contribution in [1.82, 2.24) is 9.80 Å². The molecule has 1 amide bonds. The van der Waals surface area contributed by atoms with Crippen LogP contribution in [0.5, 0.6) is 0 Å². The number of sulfonamides is 1. The quantitative estimate of drug-likeness (QED) is 0.282. The van der Waals surface area contributed by atoms with Gasteiger partial charge in [-0.1, -0.05) is 38.5 Å². The summed E-state index contributed by atoms with van der Waals surface area (Å²) in [5.74, 6) is -0.195. The van der Waals surface area contributed by atoms with Crippen LogP contribution in [-0.2, 0) is 14.8 Å². The molecule has 1 aliphatic heterocycles. The van der Waals surface area contributed by atoms with Gasteiger partial charge in [0.2, 0.25) is 0 Å². The van der Waals surface area contributed by atoms with E-state index in [-0.39, 0.29) is 22.2 Å². The zero-order chi connectivity index (χ0) is 27.2. The SMILES string of the molecule is C=C/C(C)=C(\N)C(=O)N1CCN(C(=C)c2ccc(NS(=O)(=O)/C(C=C)=C(\N=C)C(=C)C)c(C)c2)CC1. The summed E-state index contributed by atoms with van der Waals surface area (Å²) in [6.45, 7) is 26.1. The fraction of sp³-hybridized carbons (Fsp3) is 0.259. The van der Waals surface area contributed by atoms with E-state index in [4.69, 9.17) is 5.73 Å². The Hall–Kier alpha value is -3.85. The van der Waals surface area contributed by atoms with Crippen LogP contribution in [0, 0.1) is 6.92 Å². The summed E-state index contributed by atoms with van der Waals surface area (Å²) in [7, 11) is -3.96. The number of hydrogen-bond acceptors (Lipinski definition) is 6. The van der Waals surface area contributed by atoms with Gasteiger partial charge < -0.3 is 15.5 Å². The molecule has 1 saturated heterocycles. The molecule has 8 nitrogen and oxygen atoms in total. The normalized spacial score (nSPS) is 15.3. The summed E-state index contributed by atoms with van der Waals surface area (Å²) >= 11 is 0. The predicted molar refractivity (Wildman–Crippen MR) is 150 cm³/mol. The Kier molecular flexibility index (Phi) is 9.24. The van der Waals surface area contributed by atoms with Crippen molar-refractivity contribution >= 4 is 34.0 Å². The lowest BCUT2D eigenvalue weighted by Crippen LogP contribution is -2.49. The average molecular weight is 510 g/mol. The maximum Gasteiger partial charge on any atom is 0.270 e. The van der Waals surface area contributed by atoms with Crippen molar-refractivity contribution in [2.24, 2.45) is 10.7 Å². The molecule has 1 fully saturated rings. The highest BCUT2D eigenvalue weighted by atomic mass is 32.2. The van der Waals surface area contributed by atoms with Gasteiger partial charge in [-0.25, -0.2) is 8.42 Å². The van der Waals surface area contributed by atoms with Gasteiger partial charge in [0.25, 0.3) is 15.9 Å². The Bertz CT molecular complexity index is 1280. The third-order valence-electron chi connectivity index (χ3n) is 5.98. The highest BCUT2D eigenvalue weighted by Crippen LogP contribution is 2.27. The lowest BCUT2D eigenvalue weighted by molar-refractivity contribution is -0.128. The van der Waals surface area contributed by atoms with Crippen molar-refractivity contribution in [2.45, 2.75) is 20.8 Å². The molecule has 36 heavy (non-hydrogen) atoms. The molecule has 0 atom stereocenters. The lowest BCUT2D eigenvalue weighted by Gasteiger charge is -2.37. The van der Waals surface area contributed by atoms with Crippen LogP contribution in [0.4, 0.5) is 5.69 Å². The number of aryl methyl sites for hydroxylation is 1. The minimum atomic E-state index is -3.96. The Balaban J connectivity index is 2.18. The van der Waals surface area contributed by atoms with Gasteiger partial charge in [0.05, 0.1) is 11.4 Å². The number of nitrogens with one attached hydrogen (secondary N) is 1. The van der Waals surface area contributed by atoms with Crippen LogP contribution in [0.15, 0.2) is 89.1 Å². The summed E-state index contributed by atoms with van der Waals surface area (Å²) in [6, 6.07) is 5.37. The van der Waals surface area contributed by atoms with Crippen LogP contribution in [0.25, 0.3) is 5.70 Å². The van der Waals surface area contributed by atoms with Gasteiger partial charge in [-0.2, -0.15) is 0 Å². The van der Waals surface area contributed by atoms with Gasteiger partial charge in [0.1, 0.15) is 10.6 Å². The number of anilines is 1. The second-order valence-corrected chi connectivity index (χ2v) is 10.2. The van der Waals surface area contributed by atoms with Crippen molar-refractivity contribution in [2.75, 3.05) is 30.9 Å². The number of allylic oxidation sites excluding steroid dienone is 4. The number of carbonyl (C=O) groups is 1. The zero-order valence-corrected chi connectivity index (χ0v) is 22.1. The van der Waals surface area contributed by atoms with E-state index in [0.717, 1.165) is 16.8 Å². The first kappa shape index (κ1) is 28.4. The lowest BCUT2D eigenvalue weighted by atomic mass is 10.1. The Morgan fingerprint density at radius 3 is 2.14 bits per heavy atom. The Morgan fingerprint density at radius 1 is 1.08 bits per heavy atom. The van der Waals surface area contributed by atoms with Crippen LogP contribution in [0.3, 0.4) is 0 Å². The van der Waals surface area contributed by atoms with E-state index < -0.39 is 10.0 Å². The highest BCUT2D eigenvalue weighted by molar-refractivity contribution is 7.96. The number of amides is 1. The van der Waals surface area contributed by atoms with Crippen molar-refractivity contribution < 1.29 is 13.2 Å². The van der Waals surface area contributed by atoms with Crippen LogP contribution >= 0.6 is 0 Å². The maximum atomic E-state index is 13.0. The fourth-order valence-electron chi connectivity index (χ4n) is 3.73. The molecule has 1 aliphatic rings. The molecule has 2 rings (SSSR count). The van der Waals surface area contributed by atoms with Crippen LogP contribution in [-0.4, -0.2) is 57.0 Å². The molecular weight excluding hydrogens is 474 g/mol. The summed E-state index contributed by atoms with van der Waals surface area (Å²) in [5.41, 5.74) is 10.2. The number of piperazine rings is 1. The molecule has 0 unspecified atom stereocenters. The second kappa shape index (κ2) is 11.7. The average Bonchev–Trinajstić information content (AvgIpc) is 2.86. The molecule has 1 aromatic rings. The van der Waals surface area contributed by atoms with Crippen molar-refractivity contribution in [3.8, 4) is 0 Å². The number of hydrogen-bond donors (Lipinski definition) is 2. The first-order chi connectivity index (χ1) is 16.9. The van der Waals surface area contributed by atoms with E-state index in [1.54, 1.807) is 30.9 Å². The molecule has 1 aromatic carbocycles. The van der Waals surface area contributed by atoms with E-state index in [0.29, 0.717) is 43.0 Å². The number of rotatable bonds is 10. The maximum absolute atomic E-state index is 13.0. The zero-order valence-electron chi connectivity index (χ0n) is 21.3. The van der Waals surface area contributed by atoms with Crippen LogP contribution in [0.2, 0.25) is 0 Å². The molecule has 0 aliphatic carbocycles. The minimum Gasteiger partial charge on any atom is -0.394 e. The number of benzene rings is 1. The van der Waals surface area contributed by atoms with Gasteiger partial charge in [-0.15, -0.1) is 0 Å². The van der Waals surface area contributed by atoms with Crippen LogP contribution < -0.4 is 10.5 Å². The van der Waals surface area contributed by atoms with E-state index in [9.17, 15) is 13.2 Å². The summed E-state index contributed by atoms with van der Waals surface area (Å²) in [6.07, 6.45) is 2.79. The largest absolute Gasteiger partial charge is 0.394 e. The molecule has 0 spiro atoms. The number of carbonyl (C=O) groups excluding carboxylic acids is 1. The van der Waals surface area contributed by atoms with E-state index >= 15 is 0 Å². The predicted octanol–water partition coefficient (Wildman–Crippen LogP) is 3.94. The van der Waals surface area contributed by atoms with Crippen LogP contribution in [0.1, 0.15) is 25.0 Å². The third kappa shape index (κ3) is 6.23. The van der Waals surface area contributed by atoms with E-state index in [1.807, 2.05) is 19.1 Å². The smallest absolute Gasteiger partial charge is 0.270 e. The minimum absolute atomic E-state index is 0.0935. The molecule has 0 bridgehead atoms. The molecule has 0 aromatic heterocycles. The first-order valence-electron chi connectivity index (χ1n) is 11.3. The molecule has 192 valence electrons. The molecule has 0 saturated carbocycles. The number of nitrogens with two attached hydrogens (primary N) is 1. The van der Waals surface area contributed by atoms with Gasteiger partial charge >= 0.3 is 0 Å². The van der Waals surface area contributed by atoms with E-state index in [2.05, 4.69) is 47.6 Å². The number of nitrogens with zero attached hydrogens (tertiary/aromatic N) is 3. The monoisotopic (exact) mass is 509 g/mol. The Labute approximate surface area is 214 Å². The molecular formula is C27H35N5O3S. The molecule has 0 radical (unpaired) electrons. The first-order valence-corrected chi connectivity index (χ1v) is 12.8. The summed E-state index contributed by atoms with van der Waals surface area (Å²) in [5, 5.41) is 0. The second-order valence-electron chi connectivity index (χ2n) is 8.52. The van der Waals surface area contributed by atoms with Crippen molar-refractivity contribution in [3.05, 3.63) is 95.2 Å². The van der Waals surface area contributed by atoms with Gasteiger partial charge in [-0.3, -0.25) is 14.5 Å². The molecule has 3 N–H and O–H groups in total. The standard InChI is InChI=1S/C27H35N5O3S/c1-9-19(5)25(28)27(33)32-15-13-31(14-16-32)21(7)22-11-12-23(20(6)17-22)30-36(34,35)24(10-2)26(29-8)18(3)4/h9-12,17,30H,1-3,7-8,13-16,28H2,4-6H3/b25-19-,26-24-. The Morgan fingerprint density at radius 2 is 1.67 bits per heavy atom. The van der Waals surface area contributed by atoms with Crippen molar-refractivity contribution in [1.29, 1.82) is 0 Å². The summed E-state index contributed by atoms with van der Waals surface area (Å²) < 4.78 is 28.6. The fourth-order valence-corrected chi connectivity index (χ4v) is 5.07. The molecule has 9 heteroatoms. The van der Waals surface area contributed by atoms with Gasteiger partial charge in [0, 0.05) is 31.9 Å². The summed E-state index contributed by atoms with van der Waals surface area (Å²) in [4.78, 5) is 20.1.